The van der Waals surface area contributed by atoms with E-state index < -0.39 is 0 Å². The first-order chi connectivity index (χ1) is 14.3. The maximum Gasteiger partial charge on any atom is 0.116 e. The van der Waals surface area contributed by atoms with Gasteiger partial charge in [-0.3, -0.25) is 5.10 Å². The number of fused-ring (bicyclic) bond motifs is 2. The summed E-state index contributed by atoms with van der Waals surface area (Å²) >= 11 is 0. The molecule has 2 aromatic heterocycles. The molecule has 1 saturated heterocycles. The van der Waals surface area contributed by atoms with E-state index in [1.807, 2.05) is 18.2 Å². The maximum absolute atomic E-state index is 9.08. The van der Waals surface area contributed by atoms with E-state index in [1.165, 1.54) is 23.8 Å². The summed E-state index contributed by atoms with van der Waals surface area (Å²) in [5.74, 6) is 0.785. The number of aromatic amines is 2. The Morgan fingerprint density at radius 2 is 1.97 bits per heavy atom. The molecule has 0 radical (unpaired) electrons. The van der Waals surface area contributed by atoms with Crippen molar-refractivity contribution >= 4 is 21.8 Å². The largest absolute Gasteiger partial charge is 0.353 e. The fourth-order valence-electron chi connectivity index (χ4n) is 4.22. The fraction of sp³-hybridized carbons (Fsp3) is 0.304. The van der Waals surface area contributed by atoms with Crippen LogP contribution in [-0.4, -0.2) is 34.8 Å². The second-order valence-electron chi connectivity index (χ2n) is 7.87. The minimum absolute atomic E-state index is 0.631. The van der Waals surface area contributed by atoms with Crippen molar-refractivity contribution in [2.75, 3.05) is 19.6 Å². The van der Waals surface area contributed by atoms with Gasteiger partial charge >= 0.3 is 0 Å². The summed E-state index contributed by atoms with van der Waals surface area (Å²) in [7, 11) is 0. The highest BCUT2D eigenvalue weighted by molar-refractivity contribution is 5.96. The van der Waals surface area contributed by atoms with Crippen LogP contribution in [0.3, 0.4) is 0 Å². The van der Waals surface area contributed by atoms with Gasteiger partial charge in [0.2, 0.25) is 0 Å². The number of hydrogen-bond donors (Lipinski definition) is 4. The predicted octanol–water partition coefficient (Wildman–Crippen LogP) is 3.67. The summed E-state index contributed by atoms with van der Waals surface area (Å²) in [6.07, 6.45) is 2.53. The van der Waals surface area contributed by atoms with Crippen molar-refractivity contribution in [1.29, 1.82) is 5.26 Å². The van der Waals surface area contributed by atoms with Gasteiger partial charge in [-0.1, -0.05) is 6.07 Å². The highest BCUT2D eigenvalue weighted by atomic mass is 15.1. The molecule has 1 aliphatic heterocycles. The van der Waals surface area contributed by atoms with Crippen LogP contribution in [0.4, 0.5) is 0 Å². The van der Waals surface area contributed by atoms with Crippen molar-refractivity contribution in [3.8, 4) is 17.5 Å². The van der Waals surface area contributed by atoms with Gasteiger partial charge in [0, 0.05) is 22.8 Å². The molecule has 6 nitrogen and oxygen atoms in total. The van der Waals surface area contributed by atoms with Gasteiger partial charge in [0.15, 0.2) is 0 Å². The zero-order valence-electron chi connectivity index (χ0n) is 16.3. The minimum atomic E-state index is 0.631. The topological polar surface area (TPSA) is 92.3 Å². The molecule has 0 spiro atoms. The normalized spacial score (nSPS) is 15.1. The van der Waals surface area contributed by atoms with E-state index in [0.717, 1.165) is 59.9 Å². The predicted molar refractivity (Wildman–Crippen MR) is 115 cm³/mol. The molecule has 1 aliphatic rings. The van der Waals surface area contributed by atoms with E-state index in [1.54, 1.807) is 0 Å². The number of hydrogen-bond acceptors (Lipinski definition) is 4. The number of rotatable bonds is 5. The lowest BCUT2D eigenvalue weighted by Gasteiger charge is -2.22. The van der Waals surface area contributed by atoms with Crippen molar-refractivity contribution in [1.82, 2.24) is 25.8 Å². The smallest absolute Gasteiger partial charge is 0.116 e. The lowest BCUT2D eigenvalue weighted by atomic mass is 9.98. The van der Waals surface area contributed by atoms with Crippen LogP contribution in [0.25, 0.3) is 33.2 Å². The molecular weight excluding hydrogens is 360 g/mol. The summed E-state index contributed by atoms with van der Waals surface area (Å²) in [5.41, 5.74) is 5.77. The number of nitrogens with zero attached hydrogens (tertiary/aromatic N) is 2. The molecule has 0 aliphatic carbocycles. The van der Waals surface area contributed by atoms with Gasteiger partial charge in [-0.05, 0) is 80.4 Å². The SMILES string of the molecule is N#Cc1ccc2c(-c3cc4cc(CNCC5CCNCC5)ccc4[nH]3)n[nH]c2c1. The van der Waals surface area contributed by atoms with Crippen LogP contribution in [0.1, 0.15) is 24.0 Å². The van der Waals surface area contributed by atoms with Gasteiger partial charge in [0.05, 0.1) is 22.8 Å². The zero-order chi connectivity index (χ0) is 19.6. The Kier molecular flexibility index (Phi) is 4.76. The molecule has 6 heteroatoms. The van der Waals surface area contributed by atoms with Crippen molar-refractivity contribution in [3.63, 3.8) is 0 Å². The van der Waals surface area contributed by atoms with Crippen LogP contribution in [0.15, 0.2) is 42.5 Å². The Balaban J connectivity index is 1.35. The second kappa shape index (κ2) is 7.70. The third-order valence-corrected chi connectivity index (χ3v) is 5.85. The molecule has 2 aromatic carbocycles. The third kappa shape index (κ3) is 3.63. The molecule has 146 valence electrons. The van der Waals surface area contributed by atoms with Gasteiger partial charge in [-0.2, -0.15) is 10.4 Å². The van der Waals surface area contributed by atoms with E-state index in [4.69, 9.17) is 5.26 Å². The standard InChI is InChI=1S/C23H24N6/c24-12-16-1-3-19-21(10-16)28-29-23(19)22-11-18-9-17(2-4-20(18)27-22)14-26-13-15-5-7-25-8-6-15/h1-4,9-11,15,25-27H,5-8,13-14H2,(H,28,29). The molecule has 0 saturated carbocycles. The second-order valence-corrected chi connectivity index (χ2v) is 7.87. The maximum atomic E-state index is 9.08. The molecule has 0 atom stereocenters. The number of H-pyrrole nitrogens is 2. The van der Waals surface area contributed by atoms with Gasteiger partial charge in [0.1, 0.15) is 5.69 Å². The number of aromatic nitrogens is 3. The molecule has 4 aromatic rings. The van der Waals surface area contributed by atoms with Crippen LogP contribution >= 0.6 is 0 Å². The number of nitriles is 1. The molecule has 1 fully saturated rings. The van der Waals surface area contributed by atoms with Crippen LogP contribution in [0.2, 0.25) is 0 Å². The first kappa shape index (κ1) is 17.9. The van der Waals surface area contributed by atoms with Crippen molar-refractivity contribution < 1.29 is 0 Å². The van der Waals surface area contributed by atoms with Crippen molar-refractivity contribution in [2.24, 2.45) is 5.92 Å². The van der Waals surface area contributed by atoms with Gasteiger partial charge in [0.25, 0.3) is 0 Å². The summed E-state index contributed by atoms with van der Waals surface area (Å²) in [6.45, 7) is 4.26. The molecule has 29 heavy (non-hydrogen) atoms. The van der Waals surface area contributed by atoms with E-state index in [0.29, 0.717) is 5.56 Å². The zero-order valence-corrected chi connectivity index (χ0v) is 16.3. The molecule has 5 rings (SSSR count). The first-order valence-corrected chi connectivity index (χ1v) is 10.2. The Bertz CT molecular complexity index is 1190. The van der Waals surface area contributed by atoms with E-state index in [2.05, 4.69) is 56.1 Å². The third-order valence-electron chi connectivity index (χ3n) is 5.85. The molecule has 4 N–H and O–H groups in total. The van der Waals surface area contributed by atoms with E-state index in [9.17, 15) is 0 Å². The summed E-state index contributed by atoms with van der Waals surface area (Å²) in [5, 5.41) is 25.8. The Labute approximate surface area is 169 Å². The van der Waals surface area contributed by atoms with E-state index in [-0.39, 0.29) is 0 Å². The average molecular weight is 384 g/mol. The van der Waals surface area contributed by atoms with Crippen molar-refractivity contribution in [2.45, 2.75) is 19.4 Å². The van der Waals surface area contributed by atoms with Crippen molar-refractivity contribution in [3.05, 3.63) is 53.6 Å². The number of piperidine rings is 1. The molecule has 0 amide bonds. The monoisotopic (exact) mass is 384 g/mol. The summed E-state index contributed by atoms with van der Waals surface area (Å²) in [6, 6.07) is 16.5. The Hall–Kier alpha value is -3.14. The molecule has 0 bridgehead atoms. The van der Waals surface area contributed by atoms with Crippen LogP contribution in [-0.2, 0) is 6.54 Å². The lowest BCUT2D eigenvalue weighted by Crippen LogP contribution is -2.33. The first-order valence-electron chi connectivity index (χ1n) is 10.2. The molecule has 0 unspecified atom stereocenters. The Morgan fingerprint density at radius 1 is 1.07 bits per heavy atom. The van der Waals surface area contributed by atoms with Crippen LogP contribution in [0, 0.1) is 17.2 Å². The van der Waals surface area contributed by atoms with Crippen LogP contribution < -0.4 is 10.6 Å². The minimum Gasteiger partial charge on any atom is -0.353 e. The Morgan fingerprint density at radius 3 is 2.83 bits per heavy atom. The van der Waals surface area contributed by atoms with Crippen LogP contribution in [0.5, 0.6) is 0 Å². The summed E-state index contributed by atoms with van der Waals surface area (Å²) in [4.78, 5) is 3.48. The molecular formula is C23H24N6. The lowest BCUT2D eigenvalue weighted by molar-refractivity contribution is 0.356. The fourth-order valence-corrected chi connectivity index (χ4v) is 4.22. The number of nitrogens with one attached hydrogen (secondary N) is 4. The van der Waals surface area contributed by atoms with Gasteiger partial charge < -0.3 is 15.6 Å². The summed E-state index contributed by atoms with van der Waals surface area (Å²) < 4.78 is 0. The van der Waals surface area contributed by atoms with Gasteiger partial charge in [-0.15, -0.1) is 0 Å². The highest BCUT2D eigenvalue weighted by Gasteiger charge is 2.13. The number of benzene rings is 2. The highest BCUT2D eigenvalue weighted by Crippen LogP contribution is 2.29. The van der Waals surface area contributed by atoms with E-state index >= 15 is 0 Å². The molecule has 3 heterocycles. The van der Waals surface area contributed by atoms with Gasteiger partial charge in [-0.25, -0.2) is 0 Å². The quantitative estimate of drug-likeness (QED) is 0.422. The average Bonchev–Trinajstić information content (AvgIpc) is 3.37.